The largest absolute Gasteiger partial charge is 0.480 e. The molecule has 68 valence electrons. The third kappa shape index (κ3) is 0.724. The number of likely N-dealkylation sites (N-methyl/N-ethyl adjacent to an activating group) is 1. The van der Waals surface area contributed by atoms with Crippen LogP contribution in [0.15, 0.2) is 0 Å². The van der Waals surface area contributed by atoms with Gasteiger partial charge in [-0.05, 0) is 39.2 Å². The van der Waals surface area contributed by atoms with Crippen LogP contribution in [0.5, 0.6) is 0 Å². The predicted molar refractivity (Wildman–Crippen MR) is 44.9 cm³/mol. The second-order valence-electron chi connectivity index (χ2n) is 4.23. The maximum atomic E-state index is 11.1. The lowest BCUT2D eigenvalue weighted by Crippen LogP contribution is -2.54. The Labute approximate surface area is 72.4 Å². The van der Waals surface area contributed by atoms with Gasteiger partial charge in [-0.25, -0.2) is 0 Å². The molecule has 3 nitrogen and oxygen atoms in total. The topological polar surface area (TPSA) is 40.5 Å². The quantitative estimate of drug-likeness (QED) is 0.635. The summed E-state index contributed by atoms with van der Waals surface area (Å²) in [5.41, 5.74) is -0.580. The van der Waals surface area contributed by atoms with E-state index in [1.165, 1.54) is 6.42 Å². The highest BCUT2D eigenvalue weighted by Crippen LogP contribution is 2.47. The minimum absolute atomic E-state index is 0.380. The smallest absolute Gasteiger partial charge is 0.324 e. The number of nitrogens with zero attached hydrogens (tertiary/aromatic N) is 1. The van der Waals surface area contributed by atoms with Gasteiger partial charge < -0.3 is 5.11 Å². The molecule has 1 N–H and O–H groups in total. The number of carbonyl (C=O) groups is 1. The molecule has 0 radical (unpaired) electrons. The molecule has 1 aliphatic carbocycles. The number of aliphatic carboxylic acids is 1. The molecule has 0 amide bonds. The van der Waals surface area contributed by atoms with Crippen molar-refractivity contribution < 1.29 is 9.90 Å². The Morgan fingerprint density at radius 2 is 2.25 bits per heavy atom. The van der Waals surface area contributed by atoms with E-state index in [1.807, 2.05) is 18.9 Å². The van der Waals surface area contributed by atoms with E-state index in [4.69, 9.17) is 5.11 Å². The van der Waals surface area contributed by atoms with E-state index in [0.29, 0.717) is 12.0 Å². The van der Waals surface area contributed by atoms with Gasteiger partial charge in [0.1, 0.15) is 5.54 Å². The van der Waals surface area contributed by atoms with E-state index in [0.717, 1.165) is 12.8 Å². The molecule has 0 aromatic carbocycles. The Morgan fingerprint density at radius 1 is 1.58 bits per heavy atom. The Kier molecular flexibility index (Phi) is 1.49. The molecule has 2 fully saturated rings. The van der Waals surface area contributed by atoms with Crippen molar-refractivity contribution in [3.05, 3.63) is 0 Å². The lowest BCUT2D eigenvalue weighted by Gasteiger charge is -2.38. The predicted octanol–water partition coefficient (Wildman–Crippen LogP) is 0.944. The number of likely N-dealkylation sites (tertiary alicyclic amines) is 1. The van der Waals surface area contributed by atoms with Crippen molar-refractivity contribution in [2.45, 2.75) is 37.8 Å². The number of piperidine rings is 1. The molecule has 0 aromatic heterocycles. The average Bonchev–Trinajstić information content (AvgIpc) is 2.55. The molecule has 12 heavy (non-hydrogen) atoms. The summed E-state index contributed by atoms with van der Waals surface area (Å²) in [6, 6.07) is 0.524. The summed E-state index contributed by atoms with van der Waals surface area (Å²) in [7, 11) is 1.94. The highest BCUT2D eigenvalue weighted by molar-refractivity contribution is 5.79. The van der Waals surface area contributed by atoms with Gasteiger partial charge >= 0.3 is 5.97 Å². The molecular formula is C9H15NO2. The van der Waals surface area contributed by atoms with Crippen molar-refractivity contribution in [1.82, 2.24) is 4.90 Å². The molecule has 2 aliphatic rings. The lowest BCUT2D eigenvalue weighted by atomic mass is 9.85. The van der Waals surface area contributed by atoms with Crippen LogP contribution in [0.3, 0.4) is 0 Å². The van der Waals surface area contributed by atoms with E-state index in [2.05, 4.69) is 0 Å². The van der Waals surface area contributed by atoms with E-state index < -0.39 is 11.5 Å². The van der Waals surface area contributed by atoms with Crippen LogP contribution in [0, 0.1) is 5.92 Å². The molecule has 3 atom stereocenters. The van der Waals surface area contributed by atoms with E-state index in [9.17, 15) is 4.79 Å². The van der Waals surface area contributed by atoms with Crippen molar-refractivity contribution >= 4 is 5.97 Å². The Morgan fingerprint density at radius 3 is 2.58 bits per heavy atom. The van der Waals surface area contributed by atoms with Crippen LogP contribution in [0.1, 0.15) is 26.2 Å². The van der Waals surface area contributed by atoms with Crippen LogP contribution in [0.25, 0.3) is 0 Å². The third-order valence-electron chi connectivity index (χ3n) is 3.91. The molecule has 1 heterocycles. The molecule has 0 aromatic rings. The number of rotatable bonds is 1. The fourth-order valence-corrected chi connectivity index (χ4v) is 2.81. The number of fused-ring (bicyclic) bond motifs is 2. The second kappa shape index (κ2) is 2.22. The normalized spacial score (nSPS) is 46.8. The van der Waals surface area contributed by atoms with Crippen molar-refractivity contribution in [1.29, 1.82) is 0 Å². The maximum Gasteiger partial charge on any atom is 0.324 e. The third-order valence-corrected chi connectivity index (χ3v) is 3.91. The summed E-state index contributed by atoms with van der Waals surface area (Å²) in [6.07, 6.45) is 3.36. The first-order chi connectivity index (χ1) is 5.56. The molecule has 1 aliphatic heterocycles. The Hall–Kier alpha value is -0.570. The minimum Gasteiger partial charge on any atom is -0.480 e. The summed E-state index contributed by atoms with van der Waals surface area (Å²) < 4.78 is 0. The van der Waals surface area contributed by atoms with E-state index in [-0.39, 0.29) is 0 Å². The molecular weight excluding hydrogens is 154 g/mol. The van der Waals surface area contributed by atoms with E-state index in [1.54, 1.807) is 0 Å². The molecule has 1 saturated carbocycles. The van der Waals surface area contributed by atoms with Crippen LogP contribution < -0.4 is 0 Å². The van der Waals surface area contributed by atoms with Gasteiger partial charge in [0.2, 0.25) is 0 Å². The summed E-state index contributed by atoms with van der Waals surface area (Å²) in [4.78, 5) is 13.1. The number of hydrogen-bond donors (Lipinski definition) is 1. The van der Waals surface area contributed by atoms with Crippen molar-refractivity contribution in [3.63, 3.8) is 0 Å². The molecule has 2 bridgehead atoms. The fraction of sp³-hybridized carbons (Fsp3) is 0.889. The van der Waals surface area contributed by atoms with Crippen LogP contribution in [-0.2, 0) is 4.79 Å². The molecule has 1 saturated heterocycles. The molecule has 0 unspecified atom stereocenters. The van der Waals surface area contributed by atoms with Gasteiger partial charge in [0, 0.05) is 6.04 Å². The lowest BCUT2D eigenvalue weighted by molar-refractivity contribution is -0.152. The average molecular weight is 169 g/mol. The van der Waals surface area contributed by atoms with Crippen LogP contribution in [-0.4, -0.2) is 34.6 Å². The molecule has 0 spiro atoms. The van der Waals surface area contributed by atoms with Crippen molar-refractivity contribution in [2.75, 3.05) is 7.05 Å². The van der Waals surface area contributed by atoms with Crippen molar-refractivity contribution in [3.8, 4) is 0 Å². The zero-order chi connectivity index (χ0) is 8.93. The SMILES string of the molecule is CN1[C@@H]2CC[C@@H](C2)[C@@]1(C)C(=O)O. The van der Waals surface area contributed by atoms with Gasteiger partial charge in [-0.15, -0.1) is 0 Å². The summed E-state index contributed by atoms with van der Waals surface area (Å²) in [5, 5.41) is 9.12. The molecule has 2 rings (SSSR count). The highest BCUT2D eigenvalue weighted by Gasteiger charge is 2.56. The zero-order valence-electron chi connectivity index (χ0n) is 7.58. The van der Waals surface area contributed by atoms with Gasteiger partial charge in [0.25, 0.3) is 0 Å². The Bertz CT molecular complexity index is 225. The fourth-order valence-electron chi connectivity index (χ4n) is 2.81. The molecule has 3 heteroatoms. The van der Waals surface area contributed by atoms with Gasteiger partial charge in [-0.1, -0.05) is 0 Å². The maximum absolute atomic E-state index is 11.1. The first-order valence-electron chi connectivity index (χ1n) is 4.53. The van der Waals surface area contributed by atoms with Crippen LogP contribution in [0.2, 0.25) is 0 Å². The van der Waals surface area contributed by atoms with Crippen molar-refractivity contribution in [2.24, 2.45) is 5.92 Å². The second-order valence-corrected chi connectivity index (χ2v) is 4.23. The van der Waals surface area contributed by atoms with E-state index >= 15 is 0 Å². The monoisotopic (exact) mass is 169 g/mol. The summed E-state index contributed by atoms with van der Waals surface area (Å²) in [5.74, 6) is -0.276. The highest BCUT2D eigenvalue weighted by atomic mass is 16.4. The zero-order valence-corrected chi connectivity index (χ0v) is 7.58. The van der Waals surface area contributed by atoms with Crippen LogP contribution in [0.4, 0.5) is 0 Å². The van der Waals surface area contributed by atoms with Crippen LogP contribution >= 0.6 is 0 Å². The van der Waals surface area contributed by atoms with Gasteiger partial charge in [-0.2, -0.15) is 0 Å². The number of carboxylic acid groups (broad SMARTS) is 1. The summed E-state index contributed by atoms with van der Waals surface area (Å²) >= 11 is 0. The van der Waals surface area contributed by atoms with Gasteiger partial charge in [0.05, 0.1) is 0 Å². The van der Waals surface area contributed by atoms with Gasteiger partial charge in [0.15, 0.2) is 0 Å². The Balaban J connectivity index is 2.32. The number of hydrogen-bond acceptors (Lipinski definition) is 2. The first-order valence-corrected chi connectivity index (χ1v) is 4.53. The standard InChI is InChI=1S/C9H15NO2/c1-9(8(11)12)6-3-4-7(5-6)10(9)2/h6-7H,3-5H2,1-2H3,(H,11,12)/t6-,7+,9-/m0/s1. The number of carboxylic acids is 1. The van der Waals surface area contributed by atoms with Gasteiger partial charge in [-0.3, -0.25) is 9.69 Å². The first kappa shape index (κ1) is 8.05. The summed E-state index contributed by atoms with van der Waals surface area (Å²) in [6.45, 7) is 1.86. The minimum atomic E-state index is -0.655.